The number of anilines is 2. The SMILES string of the molecule is C=CCC(C=C)/C(C)=C/C=C\C(=C/C)C(C)Nc1cc(C)cc(NC=NC(C)CC)c1. The fourth-order valence-corrected chi connectivity index (χ4v) is 3.20. The van der Waals surface area contributed by atoms with Gasteiger partial charge in [-0.05, 0) is 76.8 Å². The Balaban J connectivity index is 2.86. The van der Waals surface area contributed by atoms with E-state index >= 15 is 0 Å². The lowest BCUT2D eigenvalue weighted by atomic mass is 9.96. The van der Waals surface area contributed by atoms with E-state index in [1.54, 1.807) is 6.34 Å². The van der Waals surface area contributed by atoms with Crippen LogP contribution < -0.4 is 10.6 Å². The molecule has 0 spiro atoms. The summed E-state index contributed by atoms with van der Waals surface area (Å²) in [5, 5.41) is 6.92. The summed E-state index contributed by atoms with van der Waals surface area (Å²) in [7, 11) is 0. The zero-order valence-electron chi connectivity index (χ0n) is 20.3. The predicted octanol–water partition coefficient (Wildman–Crippen LogP) is 7.86. The number of allylic oxidation sites excluding steroid dienone is 6. The van der Waals surface area contributed by atoms with Crippen LogP contribution in [0.5, 0.6) is 0 Å². The van der Waals surface area contributed by atoms with Gasteiger partial charge >= 0.3 is 0 Å². The maximum absolute atomic E-state index is 4.49. The molecule has 0 radical (unpaired) electrons. The first-order chi connectivity index (χ1) is 14.8. The van der Waals surface area contributed by atoms with Crippen molar-refractivity contribution in [1.29, 1.82) is 0 Å². The molecular formula is C28H41N3. The minimum Gasteiger partial charge on any atom is -0.378 e. The smallest absolute Gasteiger partial charge is 0.0871 e. The molecule has 1 rings (SSSR count). The topological polar surface area (TPSA) is 36.4 Å². The molecule has 168 valence electrons. The number of hydrogen-bond donors (Lipinski definition) is 2. The van der Waals surface area contributed by atoms with E-state index in [-0.39, 0.29) is 6.04 Å². The molecule has 0 aliphatic carbocycles. The average Bonchev–Trinajstić information content (AvgIpc) is 2.74. The van der Waals surface area contributed by atoms with Crippen molar-refractivity contribution in [2.45, 2.75) is 66.5 Å². The van der Waals surface area contributed by atoms with Gasteiger partial charge in [0.2, 0.25) is 0 Å². The van der Waals surface area contributed by atoms with E-state index in [4.69, 9.17) is 0 Å². The Kier molecular flexibility index (Phi) is 12.0. The van der Waals surface area contributed by atoms with Gasteiger partial charge in [-0.3, -0.25) is 4.99 Å². The maximum Gasteiger partial charge on any atom is 0.0871 e. The number of aliphatic imine (C=N–C) groups is 1. The minimum absolute atomic E-state index is 0.182. The fourth-order valence-electron chi connectivity index (χ4n) is 3.20. The van der Waals surface area contributed by atoms with Crippen LogP contribution in [0.25, 0.3) is 0 Å². The standard InChI is InChI=1S/C28H41N3/c1-9-14-25(11-3)22(6)15-13-16-26(12-4)24(8)31-28-18-21(5)17-27(19-28)30-20-29-23(7)10-2/h9,11-13,15-20,23-25,31H,1,3,10,14H2,2,4-8H3,(H,29,30)/b16-13-,22-15+,26-12+. The van der Waals surface area contributed by atoms with E-state index in [9.17, 15) is 0 Å². The van der Waals surface area contributed by atoms with Crippen LogP contribution in [-0.2, 0) is 0 Å². The molecule has 3 atom stereocenters. The summed E-state index contributed by atoms with van der Waals surface area (Å²) in [6.07, 6.45) is 16.3. The van der Waals surface area contributed by atoms with E-state index in [1.807, 2.05) is 12.2 Å². The van der Waals surface area contributed by atoms with Gasteiger partial charge in [0.05, 0.1) is 6.34 Å². The van der Waals surface area contributed by atoms with E-state index in [1.165, 1.54) is 16.7 Å². The molecule has 2 N–H and O–H groups in total. The first kappa shape index (κ1) is 26.2. The van der Waals surface area contributed by atoms with E-state index in [0.717, 1.165) is 24.2 Å². The van der Waals surface area contributed by atoms with Crippen molar-refractivity contribution in [2.75, 3.05) is 10.6 Å². The van der Waals surface area contributed by atoms with Crippen molar-refractivity contribution in [3.8, 4) is 0 Å². The third-order valence-electron chi connectivity index (χ3n) is 5.38. The summed E-state index contributed by atoms with van der Waals surface area (Å²) in [5.41, 5.74) is 5.85. The van der Waals surface area contributed by atoms with Crippen LogP contribution in [0.1, 0.15) is 53.0 Å². The molecule has 0 aliphatic rings. The number of hydrogen-bond acceptors (Lipinski definition) is 2. The van der Waals surface area contributed by atoms with Gasteiger partial charge < -0.3 is 10.6 Å². The molecule has 0 aliphatic heterocycles. The van der Waals surface area contributed by atoms with Crippen LogP contribution in [0.3, 0.4) is 0 Å². The molecular weight excluding hydrogens is 378 g/mol. The summed E-state index contributed by atoms with van der Waals surface area (Å²) in [6.45, 7) is 20.5. The summed E-state index contributed by atoms with van der Waals surface area (Å²) in [4.78, 5) is 4.49. The van der Waals surface area contributed by atoms with Crippen molar-refractivity contribution in [1.82, 2.24) is 0 Å². The van der Waals surface area contributed by atoms with E-state index in [0.29, 0.717) is 12.0 Å². The first-order valence-corrected chi connectivity index (χ1v) is 11.2. The molecule has 0 saturated heterocycles. The summed E-state index contributed by atoms with van der Waals surface area (Å²) >= 11 is 0. The predicted molar refractivity (Wildman–Crippen MR) is 141 cm³/mol. The molecule has 0 amide bonds. The van der Waals surface area contributed by atoms with Crippen LogP contribution in [0.4, 0.5) is 11.4 Å². The molecule has 0 heterocycles. The molecule has 3 heteroatoms. The lowest BCUT2D eigenvalue weighted by Crippen LogP contribution is -2.17. The highest BCUT2D eigenvalue weighted by Crippen LogP contribution is 2.21. The zero-order valence-corrected chi connectivity index (χ0v) is 20.3. The highest BCUT2D eigenvalue weighted by molar-refractivity contribution is 5.77. The Morgan fingerprint density at radius 1 is 1.16 bits per heavy atom. The molecule has 0 saturated carbocycles. The van der Waals surface area contributed by atoms with Crippen molar-refractivity contribution >= 4 is 17.7 Å². The first-order valence-electron chi connectivity index (χ1n) is 11.2. The van der Waals surface area contributed by atoms with E-state index in [2.05, 4.69) is 113 Å². The number of benzene rings is 1. The Bertz CT molecular complexity index is 827. The van der Waals surface area contributed by atoms with Gasteiger partial charge in [-0.1, -0.05) is 49.0 Å². The lowest BCUT2D eigenvalue weighted by molar-refractivity contribution is 0.720. The summed E-state index contributed by atoms with van der Waals surface area (Å²) in [5.74, 6) is 0.342. The molecule has 0 aromatic heterocycles. The molecule has 3 nitrogen and oxygen atoms in total. The Morgan fingerprint density at radius 3 is 2.48 bits per heavy atom. The third-order valence-corrected chi connectivity index (χ3v) is 5.38. The number of rotatable bonds is 13. The van der Waals surface area contributed by atoms with Gasteiger partial charge in [0, 0.05) is 29.4 Å². The normalized spacial score (nSPS) is 15.7. The van der Waals surface area contributed by atoms with Crippen LogP contribution >= 0.6 is 0 Å². The second-order valence-electron chi connectivity index (χ2n) is 8.06. The maximum atomic E-state index is 4.49. The highest BCUT2D eigenvalue weighted by atomic mass is 15.0. The second-order valence-corrected chi connectivity index (χ2v) is 8.06. The van der Waals surface area contributed by atoms with E-state index < -0.39 is 0 Å². The quantitative estimate of drug-likeness (QED) is 0.148. The van der Waals surface area contributed by atoms with Crippen LogP contribution in [0.15, 0.2) is 84.0 Å². The van der Waals surface area contributed by atoms with Crippen molar-refractivity contribution in [3.05, 3.63) is 84.5 Å². The number of nitrogens with one attached hydrogen (secondary N) is 2. The van der Waals surface area contributed by atoms with Gasteiger partial charge in [0.1, 0.15) is 0 Å². The van der Waals surface area contributed by atoms with Gasteiger partial charge in [0.15, 0.2) is 0 Å². The third kappa shape index (κ3) is 9.69. The zero-order chi connectivity index (χ0) is 23.2. The molecule has 0 bridgehead atoms. The Labute approximate surface area is 190 Å². The Hall–Kier alpha value is -2.81. The monoisotopic (exact) mass is 419 g/mol. The van der Waals surface area contributed by atoms with Gasteiger partial charge in [0.25, 0.3) is 0 Å². The van der Waals surface area contributed by atoms with Crippen molar-refractivity contribution in [2.24, 2.45) is 10.9 Å². The molecule has 31 heavy (non-hydrogen) atoms. The van der Waals surface area contributed by atoms with Crippen LogP contribution in [0, 0.1) is 12.8 Å². The molecule has 3 unspecified atom stereocenters. The molecule has 0 fully saturated rings. The average molecular weight is 420 g/mol. The second kappa shape index (κ2) is 14.2. The molecule has 1 aromatic carbocycles. The fraction of sp³-hybridized carbons (Fsp3) is 0.393. The van der Waals surface area contributed by atoms with Crippen LogP contribution in [-0.4, -0.2) is 18.4 Å². The number of aryl methyl sites for hydroxylation is 1. The van der Waals surface area contributed by atoms with Crippen molar-refractivity contribution in [3.63, 3.8) is 0 Å². The van der Waals surface area contributed by atoms with Gasteiger partial charge in [-0.15, -0.1) is 13.2 Å². The summed E-state index contributed by atoms with van der Waals surface area (Å²) in [6, 6.07) is 6.93. The van der Waals surface area contributed by atoms with Gasteiger partial charge in [-0.2, -0.15) is 0 Å². The Morgan fingerprint density at radius 2 is 1.87 bits per heavy atom. The van der Waals surface area contributed by atoms with Gasteiger partial charge in [-0.25, -0.2) is 0 Å². The lowest BCUT2D eigenvalue weighted by Gasteiger charge is -2.18. The highest BCUT2D eigenvalue weighted by Gasteiger charge is 2.07. The van der Waals surface area contributed by atoms with Crippen LogP contribution in [0.2, 0.25) is 0 Å². The number of nitrogens with zero attached hydrogens (tertiary/aromatic N) is 1. The summed E-state index contributed by atoms with van der Waals surface area (Å²) < 4.78 is 0. The van der Waals surface area contributed by atoms with Crippen molar-refractivity contribution < 1.29 is 0 Å². The minimum atomic E-state index is 0.182. The molecule has 1 aromatic rings. The largest absolute Gasteiger partial charge is 0.378 e.